The summed E-state index contributed by atoms with van der Waals surface area (Å²) in [5, 5.41) is 22.4. The largest absolute Gasteiger partial charge is 0.381 e. The summed E-state index contributed by atoms with van der Waals surface area (Å²) in [4.78, 5) is 65.6. The number of amides is 3. The van der Waals surface area contributed by atoms with Crippen molar-refractivity contribution in [2.75, 3.05) is 46.9 Å². The molecule has 3 heterocycles. The van der Waals surface area contributed by atoms with Gasteiger partial charge in [-0.25, -0.2) is 9.37 Å². The molecule has 0 radical (unpaired) electrons. The summed E-state index contributed by atoms with van der Waals surface area (Å²) >= 11 is 0. The van der Waals surface area contributed by atoms with Crippen LogP contribution in [0.4, 0.5) is 4.39 Å². The van der Waals surface area contributed by atoms with Crippen LogP contribution in [0.5, 0.6) is 0 Å². The first-order valence-corrected chi connectivity index (χ1v) is 18.2. The summed E-state index contributed by atoms with van der Waals surface area (Å²) in [5.41, 5.74) is 11.6. The van der Waals surface area contributed by atoms with E-state index in [9.17, 15) is 29.1 Å². The van der Waals surface area contributed by atoms with Crippen molar-refractivity contribution in [1.82, 2.24) is 30.8 Å². The highest BCUT2D eigenvalue weighted by atomic mass is 19.1. The van der Waals surface area contributed by atoms with Crippen LogP contribution in [0.25, 0.3) is 22.3 Å². The fourth-order valence-electron chi connectivity index (χ4n) is 6.88. The monoisotopic (exact) mass is 765 g/mol. The highest BCUT2D eigenvalue weighted by molar-refractivity contribution is 5.93. The minimum Gasteiger partial charge on any atom is -0.381 e. The Labute approximate surface area is 317 Å². The van der Waals surface area contributed by atoms with Crippen LogP contribution in [0, 0.1) is 12.7 Å². The second-order valence-electron chi connectivity index (χ2n) is 13.1. The van der Waals surface area contributed by atoms with Gasteiger partial charge in [0.25, 0.3) is 5.56 Å². The number of hydrogen-bond acceptors (Lipinski definition) is 12. The molecule has 296 valence electrons. The van der Waals surface area contributed by atoms with Gasteiger partial charge in [0.1, 0.15) is 32.0 Å². The van der Waals surface area contributed by atoms with Gasteiger partial charge in [-0.2, -0.15) is 0 Å². The molecule has 17 heteroatoms. The van der Waals surface area contributed by atoms with Crippen LogP contribution >= 0.6 is 0 Å². The standard InChI is InChI=1S/C36H42FN7O9.C2H6/c1-18-20-5-6-25(42-27(19-3-4-19)14-52-17-41-31(48)10-39-32(49)15-53-16-40-30(47)9-38)34-22-11-44-28(35(22)43-26(33(20)34)8-24(18)37)7-21(29(46)12-45)23(13-51-2)36(44)50;1-2/h7-8,12,25,29,42,46H,3-6,9-11,13-17,38H2,1-2H3,(H,39,49)(H,40,47)(H,41,48);1-2H3. The fraction of sp³-hybridized carbons (Fsp3) is 0.474. The van der Waals surface area contributed by atoms with Crippen LogP contribution in [-0.4, -0.2) is 85.5 Å². The smallest absolute Gasteiger partial charge is 0.257 e. The molecule has 2 unspecified atom stereocenters. The van der Waals surface area contributed by atoms with E-state index in [-0.39, 0.29) is 75.9 Å². The number of aromatic nitrogens is 2. The minimum absolute atomic E-state index is 0.102. The van der Waals surface area contributed by atoms with E-state index in [0.29, 0.717) is 41.6 Å². The minimum atomic E-state index is -1.54. The summed E-state index contributed by atoms with van der Waals surface area (Å²) in [7, 11) is 1.43. The van der Waals surface area contributed by atoms with Crippen molar-refractivity contribution >= 4 is 34.9 Å². The highest BCUT2D eigenvalue weighted by Crippen LogP contribution is 2.45. The molecule has 3 amide bonds. The zero-order valence-corrected chi connectivity index (χ0v) is 31.4. The second-order valence-corrected chi connectivity index (χ2v) is 13.1. The topological polar surface area (TPSA) is 225 Å². The van der Waals surface area contributed by atoms with Crippen molar-refractivity contribution in [3.8, 4) is 11.4 Å². The molecule has 0 bridgehead atoms. The number of methoxy groups -OCH3 is 1. The summed E-state index contributed by atoms with van der Waals surface area (Å²) in [6.45, 7) is 4.84. The van der Waals surface area contributed by atoms with Crippen molar-refractivity contribution in [2.45, 2.75) is 71.8 Å². The van der Waals surface area contributed by atoms with E-state index >= 15 is 4.39 Å². The molecule has 2 aliphatic carbocycles. The van der Waals surface area contributed by atoms with E-state index in [1.54, 1.807) is 17.6 Å². The maximum Gasteiger partial charge on any atom is 0.257 e. The molecule has 0 saturated heterocycles. The number of allylic oxidation sites excluding steroid dienone is 1. The number of carbonyl (C=O) groups excluding carboxylic acids is 4. The average molecular weight is 766 g/mol. The molecule has 3 aliphatic rings. The third kappa shape index (κ3) is 9.08. The Morgan fingerprint density at radius 2 is 1.76 bits per heavy atom. The van der Waals surface area contributed by atoms with Crippen molar-refractivity contribution in [3.63, 3.8) is 0 Å². The van der Waals surface area contributed by atoms with Gasteiger partial charge >= 0.3 is 0 Å². The summed E-state index contributed by atoms with van der Waals surface area (Å²) in [6, 6.07) is 2.75. The zero-order valence-electron chi connectivity index (χ0n) is 31.4. The Hall–Kier alpha value is -5.07. The molecular weight excluding hydrogens is 717 g/mol. The number of aliphatic hydroxyl groups excluding tert-OH is 1. The van der Waals surface area contributed by atoms with Crippen LogP contribution in [-0.2, 0) is 53.0 Å². The molecule has 55 heavy (non-hydrogen) atoms. The Morgan fingerprint density at radius 3 is 2.44 bits per heavy atom. The van der Waals surface area contributed by atoms with Crippen molar-refractivity contribution < 1.29 is 42.9 Å². The van der Waals surface area contributed by atoms with Gasteiger partial charge in [0.2, 0.25) is 17.7 Å². The van der Waals surface area contributed by atoms with Gasteiger partial charge in [0, 0.05) is 40.9 Å². The molecule has 6 rings (SSSR count). The van der Waals surface area contributed by atoms with Gasteiger partial charge in [-0.15, -0.1) is 0 Å². The van der Waals surface area contributed by atoms with Crippen molar-refractivity contribution in [3.05, 3.63) is 73.0 Å². The Morgan fingerprint density at radius 1 is 1.05 bits per heavy atom. The first kappa shape index (κ1) is 41.1. The van der Waals surface area contributed by atoms with Crippen LogP contribution in [0.1, 0.15) is 78.6 Å². The van der Waals surface area contributed by atoms with Crippen LogP contribution in [0.3, 0.4) is 0 Å². The van der Waals surface area contributed by atoms with Crippen molar-refractivity contribution in [1.29, 1.82) is 0 Å². The number of pyridine rings is 2. The normalized spacial score (nSPS) is 15.3. The molecule has 3 aromatic rings. The van der Waals surface area contributed by atoms with Gasteiger partial charge in [-0.3, -0.25) is 19.2 Å². The number of halogens is 1. The summed E-state index contributed by atoms with van der Waals surface area (Å²) < 4.78 is 32.9. The molecule has 1 aliphatic heterocycles. The van der Waals surface area contributed by atoms with Gasteiger partial charge in [0.05, 0.1) is 55.8 Å². The molecule has 16 nitrogen and oxygen atoms in total. The molecule has 2 aromatic heterocycles. The average Bonchev–Trinajstić information content (AvgIpc) is 3.98. The molecule has 1 saturated carbocycles. The number of ether oxygens (including phenoxy) is 3. The number of aryl methyl sites for hydroxylation is 1. The van der Waals surface area contributed by atoms with E-state index < -0.39 is 29.4 Å². The number of nitrogens with two attached hydrogens (primary N) is 1. The number of carbonyl (C=O) groups is 4. The maximum atomic E-state index is 15.3. The number of aldehydes is 1. The molecule has 1 aromatic carbocycles. The second kappa shape index (κ2) is 18.5. The van der Waals surface area contributed by atoms with Gasteiger partial charge < -0.3 is 55.7 Å². The van der Waals surface area contributed by atoms with Crippen molar-refractivity contribution in [2.24, 2.45) is 5.73 Å². The Kier molecular flexibility index (Phi) is 13.8. The zero-order chi connectivity index (χ0) is 39.8. The first-order chi connectivity index (χ1) is 26.6. The van der Waals surface area contributed by atoms with Gasteiger partial charge in [0.15, 0.2) is 6.29 Å². The number of rotatable bonds is 17. The number of nitrogens with one attached hydrogen (secondary N) is 4. The summed E-state index contributed by atoms with van der Waals surface area (Å²) in [6.07, 6.45) is 1.78. The van der Waals surface area contributed by atoms with Crippen LogP contribution < -0.4 is 32.6 Å². The van der Waals surface area contributed by atoms with E-state index in [2.05, 4.69) is 21.3 Å². The van der Waals surface area contributed by atoms with Crippen LogP contribution in [0.2, 0.25) is 0 Å². The molecule has 0 spiro atoms. The third-order valence-electron chi connectivity index (χ3n) is 9.64. The maximum absolute atomic E-state index is 15.3. The summed E-state index contributed by atoms with van der Waals surface area (Å²) in [5.74, 6) is -1.82. The van der Waals surface area contributed by atoms with E-state index in [1.165, 1.54) is 18.7 Å². The lowest BCUT2D eigenvalue weighted by atomic mass is 9.81. The predicted octanol–water partition coefficient (Wildman–Crippen LogP) is 1.16. The molecule has 1 fully saturated rings. The number of fused-ring (bicyclic) bond motifs is 4. The van der Waals surface area contributed by atoms with Crippen LogP contribution in [0.15, 0.2) is 28.2 Å². The van der Waals surface area contributed by atoms with Gasteiger partial charge in [-0.1, -0.05) is 13.8 Å². The highest BCUT2D eigenvalue weighted by Gasteiger charge is 2.36. The fourth-order valence-corrected chi connectivity index (χ4v) is 6.88. The first-order valence-electron chi connectivity index (χ1n) is 18.2. The molecule has 7 N–H and O–H groups in total. The lowest BCUT2D eigenvalue weighted by Gasteiger charge is -2.31. The molecular formula is C38H48FN7O9. The predicted molar refractivity (Wildman–Crippen MR) is 199 cm³/mol. The van der Waals surface area contributed by atoms with E-state index in [1.807, 2.05) is 13.8 Å². The molecule has 2 atom stereocenters. The SMILES string of the molecule is CC.COCc1c(C(O)C=O)cc2n(c1=O)Cc1c-2nc2cc(F)c(C)c3c2c1C(NC(COCNC(=O)CNC(=O)COCNC(=O)CN)=C1CC1)CC3. The number of nitrogens with zero attached hydrogens (tertiary/aromatic N) is 2. The van der Waals surface area contributed by atoms with E-state index in [4.69, 9.17) is 24.9 Å². The quantitative estimate of drug-likeness (QED) is 0.0506. The number of aliphatic hydroxyl groups is 1. The number of hydrogen-bond donors (Lipinski definition) is 6. The van der Waals surface area contributed by atoms with E-state index in [0.717, 1.165) is 40.6 Å². The Bertz CT molecular complexity index is 2060. The third-order valence-corrected chi connectivity index (χ3v) is 9.64. The Balaban J connectivity index is 0.00000285. The lowest BCUT2D eigenvalue weighted by molar-refractivity contribution is -0.130. The lowest BCUT2D eigenvalue weighted by Crippen LogP contribution is -2.40. The van der Waals surface area contributed by atoms with Gasteiger partial charge in [-0.05, 0) is 60.9 Å². The number of benzene rings is 1.